The molecule has 0 radical (unpaired) electrons. The summed E-state index contributed by atoms with van der Waals surface area (Å²) >= 11 is 3.33. The van der Waals surface area contributed by atoms with Gasteiger partial charge < -0.3 is 19.9 Å². The van der Waals surface area contributed by atoms with Gasteiger partial charge in [0.15, 0.2) is 17.6 Å². The maximum atomic E-state index is 11.4. The first-order chi connectivity index (χ1) is 8.53. The van der Waals surface area contributed by atoms with Gasteiger partial charge in [-0.1, -0.05) is 0 Å². The molecule has 0 saturated carbocycles. The van der Waals surface area contributed by atoms with Gasteiger partial charge in [0.2, 0.25) is 0 Å². The van der Waals surface area contributed by atoms with Crippen molar-refractivity contribution in [3.63, 3.8) is 0 Å². The summed E-state index contributed by atoms with van der Waals surface area (Å²) in [4.78, 5) is 11.4. The van der Waals surface area contributed by atoms with Gasteiger partial charge in [0, 0.05) is 7.05 Å². The number of hydrogen-bond acceptors (Lipinski definition) is 4. The third kappa shape index (κ3) is 3.36. The van der Waals surface area contributed by atoms with Crippen LogP contribution in [0.4, 0.5) is 0 Å². The van der Waals surface area contributed by atoms with Crippen molar-refractivity contribution < 1.29 is 19.4 Å². The van der Waals surface area contributed by atoms with E-state index in [1.54, 1.807) is 26.1 Å². The summed E-state index contributed by atoms with van der Waals surface area (Å²) in [7, 11) is 3.05. The molecule has 0 spiro atoms. The number of benzene rings is 1. The summed E-state index contributed by atoms with van der Waals surface area (Å²) < 4.78 is 11.4. The molecule has 0 saturated heterocycles. The van der Waals surface area contributed by atoms with E-state index in [-0.39, 0.29) is 12.5 Å². The third-order valence-electron chi connectivity index (χ3n) is 2.38. The molecule has 1 aromatic carbocycles. The minimum Gasteiger partial charge on any atom is -0.493 e. The predicted molar refractivity (Wildman–Crippen MR) is 70.8 cm³/mol. The number of likely N-dealkylation sites (N-methyl/N-ethyl adjacent to an activating group) is 1. The highest BCUT2D eigenvalue weighted by Gasteiger charge is 2.18. The second-order valence-electron chi connectivity index (χ2n) is 3.64. The molecule has 6 heteroatoms. The number of ether oxygens (including phenoxy) is 2. The highest BCUT2D eigenvalue weighted by atomic mass is 79.9. The van der Waals surface area contributed by atoms with Crippen molar-refractivity contribution >= 4 is 21.8 Å². The smallest absolute Gasteiger partial charge is 0.260 e. The minimum atomic E-state index is -0.639. The van der Waals surface area contributed by atoms with Crippen molar-refractivity contribution in [3.8, 4) is 11.5 Å². The zero-order valence-electron chi connectivity index (χ0n) is 10.5. The van der Waals surface area contributed by atoms with Crippen LogP contribution in [0.5, 0.6) is 11.5 Å². The van der Waals surface area contributed by atoms with E-state index in [1.807, 2.05) is 0 Å². The van der Waals surface area contributed by atoms with Gasteiger partial charge in [-0.25, -0.2) is 0 Å². The van der Waals surface area contributed by atoms with Crippen LogP contribution in [0.1, 0.15) is 12.5 Å². The molecule has 0 heterocycles. The Morgan fingerprint density at radius 3 is 2.72 bits per heavy atom. The highest BCUT2D eigenvalue weighted by Crippen LogP contribution is 2.37. The second kappa shape index (κ2) is 6.61. The molecule has 2 N–H and O–H groups in total. The molecule has 1 rings (SSSR count). The molecular weight excluding hydrogens is 302 g/mol. The van der Waals surface area contributed by atoms with Crippen LogP contribution in [-0.4, -0.2) is 31.3 Å². The third-order valence-corrected chi connectivity index (χ3v) is 2.97. The summed E-state index contributed by atoms with van der Waals surface area (Å²) in [5.41, 5.74) is 0.693. The van der Waals surface area contributed by atoms with E-state index < -0.39 is 6.10 Å². The number of carbonyl (C=O) groups excluding carboxylic acids is 1. The fourth-order valence-corrected chi connectivity index (χ4v) is 2.00. The van der Waals surface area contributed by atoms with E-state index in [2.05, 4.69) is 21.2 Å². The zero-order chi connectivity index (χ0) is 13.7. The van der Waals surface area contributed by atoms with Crippen LogP contribution >= 0.6 is 15.9 Å². The van der Waals surface area contributed by atoms with Crippen LogP contribution < -0.4 is 14.8 Å². The Morgan fingerprint density at radius 2 is 2.22 bits per heavy atom. The average Bonchev–Trinajstić information content (AvgIpc) is 2.39. The van der Waals surface area contributed by atoms with Gasteiger partial charge in [0.1, 0.15) is 0 Å². The van der Waals surface area contributed by atoms with Crippen LogP contribution in [-0.2, 0) is 11.4 Å². The normalized spacial score (nSPS) is 11.8. The summed E-state index contributed by atoms with van der Waals surface area (Å²) in [5, 5.41) is 11.6. The number of hydrogen-bond donors (Lipinski definition) is 2. The van der Waals surface area contributed by atoms with Gasteiger partial charge >= 0.3 is 0 Å². The van der Waals surface area contributed by atoms with Crippen LogP contribution in [0.15, 0.2) is 16.6 Å². The van der Waals surface area contributed by atoms with Crippen LogP contribution in [0.2, 0.25) is 0 Å². The molecule has 0 aromatic heterocycles. The molecule has 0 aliphatic carbocycles. The first-order valence-electron chi connectivity index (χ1n) is 5.39. The lowest BCUT2D eigenvalue weighted by Crippen LogP contribution is -2.33. The largest absolute Gasteiger partial charge is 0.493 e. The molecule has 1 amide bonds. The Bertz CT molecular complexity index is 436. The SMILES string of the molecule is CNC(=O)C(C)Oc1c(Br)cc(CO)cc1OC. The number of nitrogens with one attached hydrogen (secondary N) is 1. The fraction of sp³-hybridized carbons (Fsp3) is 0.417. The van der Waals surface area contributed by atoms with Gasteiger partial charge in [-0.05, 0) is 40.5 Å². The maximum Gasteiger partial charge on any atom is 0.260 e. The van der Waals surface area contributed by atoms with Crippen molar-refractivity contribution in [2.75, 3.05) is 14.2 Å². The van der Waals surface area contributed by atoms with Gasteiger partial charge in [0.25, 0.3) is 5.91 Å². The van der Waals surface area contributed by atoms with Gasteiger partial charge in [-0.15, -0.1) is 0 Å². The van der Waals surface area contributed by atoms with Crippen molar-refractivity contribution in [1.29, 1.82) is 0 Å². The molecule has 18 heavy (non-hydrogen) atoms. The lowest BCUT2D eigenvalue weighted by atomic mass is 10.2. The van der Waals surface area contributed by atoms with E-state index in [0.717, 1.165) is 0 Å². The van der Waals surface area contributed by atoms with E-state index in [9.17, 15) is 4.79 Å². The monoisotopic (exact) mass is 317 g/mol. The number of rotatable bonds is 5. The molecule has 0 aliphatic rings. The summed E-state index contributed by atoms with van der Waals surface area (Å²) in [5.74, 6) is 0.671. The highest BCUT2D eigenvalue weighted by molar-refractivity contribution is 9.10. The van der Waals surface area contributed by atoms with E-state index >= 15 is 0 Å². The lowest BCUT2D eigenvalue weighted by molar-refractivity contribution is -0.126. The zero-order valence-corrected chi connectivity index (χ0v) is 12.1. The molecule has 1 atom stereocenters. The molecular formula is C12H16BrNO4. The lowest BCUT2D eigenvalue weighted by Gasteiger charge is -2.17. The Labute approximate surface area is 114 Å². The summed E-state index contributed by atoms with van der Waals surface area (Å²) in [6.07, 6.45) is -0.639. The first-order valence-corrected chi connectivity index (χ1v) is 6.18. The number of aliphatic hydroxyl groups excluding tert-OH is 1. The molecule has 1 aromatic rings. The number of halogens is 1. The topological polar surface area (TPSA) is 67.8 Å². The van der Waals surface area contributed by atoms with Gasteiger partial charge in [-0.3, -0.25) is 4.79 Å². The number of carbonyl (C=O) groups is 1. The van der Waals surface area contributed by atoms with Crippen molar-refractivity contribution in [1.82, 2.24) is 5.32 Å². The Balaban J connectivity index is 3.04. The standard InChI is InChI=1S/C12H16BrNO4/c1-7(12(16)14-2)18-11-9(13)4-8(6-15)5-10(11)17-3/h4-5,7,15H,6H2,1-3H3,(H,14,16). The molecule has 1 unspecified atom stereocenters. The first kappa shape index (κ1) is 14.8. The van der Waals surface area contributed by atoms with E-state index in [1.165, 1.54) is 7.11 Å². The minimum absolute atomic E-state index is 0.0970. The molecule has 0 aliphatic heterocycles. The number of methoxy groups -OCH3 is 1. The van der Waals surface area contributed by atoms with E-state index in [4.69, 9.17) is 14.6 Å². The molecule has 0 fully saturated rings. The Hall–Kier alpha value is -1.27. The predicted octanol–water partition coefficient (Wildman–Crippen LogP) is 1.46. The number of amides is 1. The summed E-state index contributed by atoms with van der Waals surface area (Å²) in [6.45, 7) is 1.55. The van der Waals surface area contributed by atoms with Gasteiger partial charge in [-0.2, -0.15) is 0 Å². The Morgan fingerprint density at radius 1 is 1.56 bits per heavy atom. The summed E-state index contributed by atoms with van der Waals surface area (Å²) in [6, 6.07) is 3.38. The quantitative estimate of drug-likeness (QED) is 0.863. The molecule has 5 nitrogen and oxygen atoms in total. The molecule has 100 valence electrons. The van der Waals surface area contributed by atoms with Gasteiger partial charge in [0.05, 0.1) is 18.2 Å². The van der Waals surface area contributed by atoms with Crippen molar-refractivity contribution in [3.05, 3.63) is 22.2 Å². The molecule has 0 bridgehead atoms. The average molecular weight is 318 g/mol. The number of aliphatic hydroxyl groups is 1. The fourth-order valence-electron chi connectivity index (χ4n) is 1.41. The van der Waals surface area contributed by atoms with Crippen molar-refractivity contribution in [2.24, 2.45) is 0 Å². The van der Waals surface area contributed by atoms with Crippen LogP contribution in [0.3, 0.4) is 0 Å². The second-order valence-corrected chi connectivity index (χ2v) is 4.50. The Kier molecular flexibility index (Phi) is 5.43. The maximum absolute atomic E-state index is 11.4. The van der Waals surface area contributed by atoms with Crippen LogP contribution in [0.25, 0.3) is 0 Å². The van der Waals surface area contributed by atoms with Crippen molar-refractivity contribution in [2.45, 2.75) is 19.6 Å². The van der Waals surface area contributed by atoms with Crippen LogP contribution in [0, 0.1) is 0 Å². The van der Waals surface area contributed by atoms with E-state index in [0.29, 0.717) is 21.5 Å².